The van der Waals surface area contributed by atoms with E-state index in [1.807, 2.05) is 13.8 Å². The van der Waals surface area contributed by atoms with Crippen molar-refractivity contribution >= 4 is 23.6 Å². The van der Waals surface area contributed by atoms with Crippen LogP contribution in [0.4, 0.5) is 0 Å². The zero-order valence-electron chi connectivity index (χ0n) is 11.4. The van der Waals surface area contributed by atoms with Gasteiger partial charge in [-0.15, -0.1) is 11.8 Å². The average molecular weight is 295 g/mol. The molecule has 1 amide bonds. The van der Waals surface area contributed by atoms with Gasteiger partial charge in [0.1, 0.15) is 11.8 Å². The summed E-state index contributed by atoms with van der Waals surface area (Å²) in [7, 11) is 0. The van der Waals surface area contributed by atoms with E-state index in [2.05, 4.69) is 0 Å². The van der Waals surface area contributed by atoms with Gasteiger partial charge in [-0.2, -0.15) is 0 Å². The minimum atomic E-state index is -0.960. The van der Waals surface area contributed by atoms with Crippen LogP contribution in [0.5, 0.6) is 5.75 Å². The van der Waals surface area contributed by atoms with Crippen LogP contribution in [0.15, 0.2) is 24.3 Å². The second-order valence-corrected chi connectivity index (χ2v) is 5.82. The number of aliphatic carboxylic acids is 1. The predicted octanol–water partition coefficient (Wildman–Crippen LogP) is 2.07. The summed E-state index contributed by atoms with van der Waals surface area (Å²) in [6.45, 7) is 3.82. The van der Waals surface area contributed by atoms with Crippen molar-refractivity contribution in [1.29, 1.82) is 0 Å². The summed E-state index contributed by atoms with van der Waals surface area (Å²) in [5, 5.41) is 9.12. The zero-order valence-corrected chi connectivity index (χ0v) is 12.2. The average Bonchev–Trinajstić information content (AvgIpc) is 2.86. The molecular weight excluding hydrogens is 278 g/mol. The lowest BCUT2D eigenvalue weighted by Crippen LogP contribution is -2.41. The SMILES string of the molecule is CC(C)Oc1cccc(C(=O)N2CSC[C@H]2C(=O)O)c1. The Morgan fingerprint density at radius 2 is 2.20 bits per heavy atom. The third kappa shape index (κ3) is 3.25. The zero-order chi connectivity index (χ0) is 14.7. The van der Waals surface area contributed by atoms with Gasteiger partial charge >= 0.3 is 5.97 Å². The van der Waals surface area contributed by atoms with E-state index in [1.54, 1.807) is 24.3 Å². The smallest absolute Gasteiger partial charge is 0.327 e. The quantitative estimate of drug-likeness (QED) is 0.921. The molecule has 0 spiro atoms. The lowest BCUT2D eigenvalue weighted by atomic mass is 10.1. The third-order valence-corrected chi connectivity index (χ3v) is 3.89. The summed E-state index contributed by atoms with van der Waals surface area (Å²) in [5.74, 6) is 0.230. The molecule has 1 fully saturated rings. The normalized spacial score (nSPS) is 18.4. The van der Waals surface area contributed by atoms with Crippen LogP contribution in [0.3, 0.4) is 0 Å². The fraction of sp³-hybridized carbons (Fsp3) is 0.429. The number of nitrogens with zero attached hydrogens (tertiary/aromatic N) is 1. The minimum absolute atomic E-state index is 0.0227. The van der Waals surface area contributed by atoms with Crippen LogP contribution in [0.2, 0.25) is 0 Å². The maximum Gasteiger partial charge on any atom is 0.327 e. The highest BCUT2D eigenvalue weighted by molar-refractivity contribution is 7.99. The van der Waals surface area contributed by atoms with Gasteiger partial charge in [-0.25, -0.2) is 4.79 Å². The summed E-state index contributed by atoms with van der Waals surface area (Å²) in [4.78, 5) is 24.9. The lowest BCUT2D eigenvalue weighted by molar-refractivity contribution is -0.140. The summed E-state index contributed by atoms with van der Waals surface area (Å²) in [5.41, 5.74) is 0.455. The number of rotatable bonds is 4. The molecule has 0 bridgehead atoms. The van der Waals surface area contributed by atoms with Gasteiger partial charge in [0.2, 0.25) is 0 Å². The van der Waals surface area contributed by atoms with Gasteiger partial charge in [0, 0.05) is 11.3 Å². The van der Waals surface area contributed by atoms with Crippen molar-refractivity contribution in [3.63, 3.8) is 0 Å². The number of hydrogen-bond donors (Lipinski definition) is 1. The first kappa shape index (κ1) is 14.7. The second kappa shape index (κ2) is 6.17. The molecule has 1 aromatic rings. The van der Waals surface area contributed by atoms with Crippen molar-refractivity contribution in [3.05, 3.63) is 29.8 Å². The highest BCUT2D eigenvalue weighted by Gasteiger charge is 2.35. The first-order valence-corrected chi connectivity index (χ1v) is 7.52. The molecule has 0 aliphatic carbocycles. The molecule has 6 heteroatoms. The molecule has 1 atom stereocenters. The number of thioether (sulfide) groups is 1. The molecule has 1 aliphatic heterocycles. The summed E-state index contributed by atoms with van der Waals surface area (Å²) >= 11 is 1.45. The maximum atomic E-state index is 12.4. The Morgan fingerprint density at radius 1 is 1.45 bits per heavy atom. The number of ether oxygens (including phenoxy) is 1. The molecule has 1 N–H and O–H groups in total. The standard InChI is InChI=1S/C14H17NO4S/c1-9(2)19-11-5-3-4-10(6-11)13(16)15-8-20-7-12(15)14(17)18/h3-6,9,12H,7-8H2,1-2H3,(H,17,18)/t12-/m0/s1. The number of hydrogen-bond acceptors (Lipinski definition) is 4. The molecule has 1 heterocycles. The fourth-order valence-corrected chi connectivity index (χ4v) is 3.13. The van der Waals surface area contributed by atoms with Gasteiger partial charge < -0.3 is 14.7 Å². The summed E-state index contributed by atoms with van der Waals surface area (Å²) < 4.78 is 5.55. The van der Waals surface area contributed by atoms with E-state index < -0.39 is 12.0 Å². The van der Waals surface area contributed by atoms with E-state index in [1.165, 1.54) is 16.7 Å². The third-order valence-electron chi connectivity index (χ3n) is 2.88. The topological polar surface area (TPSA) is 66.8 Å². The lowest BCUT2D eigenvalue weighted by Gasteiger charge is -2.21. The maximum absolute atomic E-state index is 12.4. The molecular formula is C14H17NO4S. The molecule has 20 heavy (non-hydrogen) atoms. The van der Waals surface area contributed by atoms with Crippen LogP contribution in [0.1, 0.15) is 24.2 Å². The van der Waals surface area contributed by atoms with E-state index in [4.69, 9.17) is 9.84 Å². The molecule has 0 unspecified atom stereocenters. The monoisotopic (exact) mass is 295 g/mol. The molecule has 1 aliphatic rings. The fourth-order valence-electron chi connectivity index (χ4n) is 1.99. The molecule has 0 saturated carbocycles. The van der Waals surface area contributed by atoms with Gasteiger partial charge in [0.15, 0.2) is 0 Å². The Kier molecular flexibility index (Phi) is 4.54. The molecule has 0 radical (unpaired) electrons. The number of carboxylic acid groups (broad SMARTS) is 1. The van der Waals surface area contributed by atoms with Crippen molar-refractivity contribution in [2.45, 2.75) is 26.0 Å². The number of carboxylic acids is 1. The van der Waals surface area contributed by atoms with Crippen LogP contribution in [-0.2, 0) is 4.79 Å². The summed E-state index contributed by atoms with van der Waals surface area (Å²) in [6.07, 6.45) is 0.0227. The van der Waals surface area contributed by atoms with E-state index in [0.717, 1.165) is 0 Å². The Labute approximate surface area is 121 Å². The first-order chi connectivity index (χ1) is 9.49. The van der Waals surface area contributed by atoms with E-state index in [0.29, 0.717) is 22.9 Å². The van der Waals surface area contributed by atoms with Crippen molar-refractivity contribution in [1.82, 2.24) is 4.90 Å². The minimum Gasteiger partial charge on any atom is -0.491 e. The van der Waals surface area contributed by atoms with Gasteiger partial charge in [-0.05, 0) is 32.0 Å². The van der Waals surface area contributed by atoms with Gasteiger partial charge in [-0.1, -0.05) is 6.07 Å². The highest BCUT2D eigenvalue weighted by atomic mass is 32.2. The largest absolute Gasteiger partial charge is 0.491 e. The van der Waals surface area contributed by atoms with Crippen molar-refractivity contribution in [3.8, 4) is 5.75 Å². The van der Waals surface area contributed by atoms with Gasteiger partial charge in [-0.3, -0.25) is 4.79 Å². The number of carbonyl (C=O) groups excluding carboxylic acids is 1. The van der Waals surface area contributed by atoms with Crippen molar-refractivity contribution < 1.29 is 19.4 Å². The Bertz CT molecular complexity index is 518. The predicted molar refractivity (Wildman–Crippen MR) is 77.1 cm³/mol. The van der Waals surface area contributed by atoms with Crippen LogP contribution < -0.4 is 4.74 Å². The summed E-state index contributed by atoms with van der Waals surface area (Å²) in [6, 6.07) is 6.11. The molecule has 0 aromatic heterocycles. The Balaban J connectivity index is 2.18. The second-order valence-electron chi connectivity index (χ2n) is 4.82. The number of benzene rings is 1. The molecule has 2 rings (SSSR count). The van der Waals surface area contributed by atoms with Crippen LogP contribution in [0.25, 0.3) is 0 Å². The molecule has 1 aromatic carbocycles. The number of amides is 1. The molecule has 1 saturated heterocycles. The molecule has 108 valence electrons. The van der Waals surface area contributed by atoms with Crippen LogP contribution in [0, 0.1) is 0 Å². The van der Waals surface area contributed by atoms with Crippen molar-refractivity contribution in [2.24, 2.45) is 0 Å². The molecule has 5 nitrogen and oxygen atoms in total. The van der Waals surface area contributed by atoms with E-state index >= 15 is 0 Å². The Morgan fingerprint density at radius 3 is 2.85 bits per heavy atom. The van der Waals surface area contributed by atoms with Crippen molar-refractivity contribution in [2.75, 3.05) is 11.6 Å². The Hall–Kier alpha value is -1.69. The highest BCUT2D eigenvalue weighted by Crippen LogP contribution is 2.24. The van der Waals surface area contributed by atoms with E-state index in [-0.39, 0.29) is 12.0 Å². The number of carbonyl (C=O) groups is 2. The first-order valence-electron chi connectivity index (χ1n) is 6.37. The van der Waals surface area contributed by atoms with E-state index in [9.17, 15) is 9.59 Å². The van der Waals surface area contributed by atoms with Crippen LogP contribution >= 0.6 is 11.8 Å². The van der Waals surface area contributed by atoms with Crippen LogP contribution in [-0.4, -0.2) is 45.7 Å². The van der Waals surface area contributed by atoms with Gasteiger partial charge in [0.05, 0.1) is 12.0 Å². The van der Waals surface area contributed by atoms with Gasteiger partial charge in [0.25, 0.3) is 5.91 Å².